The van der Waals surface area contributed by atoms with Gasteiger partial charge in [-0.15, -0.1) is 0 Å². The minimum atomic E-state index is -0.398. The fourth-order valence-corrected chi connectivity index (χ4v) is 2.18. The molecule has 0 aliphatic carbocycles. The Labute approximate surface area is 124 Å². The van der Waals surface area contributed by atoms with Gasteiger partial charge in [0.25, 0.3) is 0 Å². The van der Waals surface area contributed by atoms with E-state index in [4.69, 9.17) is 4.74 Å². The maximum atomic E-state index is 13.7. The van der Waals surface area contributed by atoms with Crippen molar-refractivity contribution in [2.45, 2.75) is 33.6 Å². The summed E-state index contributed by atoms with van der Waals surface area (Å²) in [4.78, 5) is 11.7. The summed E-state index contributed by atoms with van der Waals surface area (Å²) in [5, 5.41) is 0. The Kier molecular flexibility index (Phi) is 4.41. The number of para-hydroxylation sites is 1. The van der Waals surface area contributed by atoms with Gasteiger partial charge in [-0.1, -0.05) is 32.0 Å². The van der Waals surface area contributed by atoms with Crippen LogP contribution >= 0.6 is 0 Å². The number of ketones is 1. The van der Waals surface area contributed by atoms with E-state index in [2.05, 4.69) is 13.8 Å². The molecule has 0 N–H and O–H groups in total. The molecule has 21 heavy (non-hydrogen) atoms. The quantitative estimate of drug-likeness (QED) is 0.717. The van der Waals surface area contributed by atoms with Crippen LogP contribution in [0.2, 0.25) is 0 Å². The number of halogens is 1. The average Bonchev–Trinajstić information content (AvgIpc) is 2.42. The van der Waals surface area contributed by atoms with Gasteiger partial charge in [0.05, 0.1) is 5.56 Å². The number of Topliss-reactive ketones (excluding diaryl/α,β-unsaturated/α-hetero) is 1. The first kappa shape index (κ1) is 15.2. The van der Waals surface area contributed by atoms with Crippen LogP contribution in [0.15, 0.2) is 36.4 Å². The average molecular weight is 286 g/mol. The third kappa shape index (κ3) is 3.30. The normalized spacial score (nSPS) is 10.8. The van der Waals surface area contributed by atoms with E-state index in [-0.39, 0.29) is 11.3 Å². The van der Waals surface area contributed by atoms with E-state index < -0.39 is 5.82 Å². The molecule has 0 atom stereocenters. The Morgan fingerprint density at radius 1 is 1.14 bits per heavy atom. The lowest BCUT2D eigenvalue weighted by atomic mass is 10.0. The molecule has 0 saturated carbocycles. The predicted molar refractivity (Wildman–Crippen MR) is 81.7 cm³/mol. The standard InChI is InChI=1S/C18H19FO2/c1-11(2)14-7-5-6-8-17(14)21-18-9-12(3)16(19)10-15(18)13(4)20/h5-11H,1-4H3. The summed E-state index contributed by atoms with van der Waals surface area (Å²) in [5.41, 5.74) is 1.77. The highest BCUT2D eigenvalue weighted by Gasteiger charge is 2.15. The monoisotopic (exact) mass is 286 g/mol. The number of carbonyl (C=O) groups is 1. The van der Waals surface area contributed by atoms with Crippen molar-refractivity contribution < 1.29 is 13.9 Å². The first-order chi connectivity index (χ1) is 9.90. The molecule has 0 heterocycles. The van der Waals surface area contributed by atoms with Crippen LogP contribution in [0.5, 0.6) is 11.5 Å². The van der Waals surface area contributed by atoms with E-state index >= 15 is 0 Å². The molecule has 0 spiro atoms. The van der Waals surface area contributed by atoms with Gasteiger partial charge in [0.1, 0.15) is 17.3 Å². The molecule has 2 aromatic rings. The molecular weight excluding hydrogens is 267 g/mol. The van der Waals surface area contributed by atoms with Crippen LogP contribution in [0.1, 0.15) is 48.2 Å². The van der Waals surface area contributed by atoms with Gasteiger partial charge < -0.3 is 4.74 Å². The van der Waals surface area contributed by atoms with E-state index in [1.54, 1.807) is 13.0 Å². The summed E-state index contributed by atoms with van der Waals surface area (Å²) in [6.07, 6.45) is 0. The Balaban J connectivity index is 2.49. The van der Waals surface area contributed by atoms with Gasteiger partial charge in [-0.2, -0.15) is 0 Å². The van der Waals surface area contributed by atoms with Gasteiger partial charge in [0.2, 0.25) is 0 Å². The van der Waals surface area contributed by atoms with Gasteiger partial charge >= 0.3 is 0 Å². The maximum Gasteiger partial charge on any atom is 0.163 e. The summed E-state index contributed by atoms with van der Waals surface area (Å²) in [6, 6.07) is 10.5. The second-order valence-electron chi connectivity index (χ2n) is 5.45. The summed E-state index contributed by atoms with van der Waals surface area (Å²) < 4.78 is 19.6. The molecule has 0 aliphatic heterocycles. The highest BCUT2D eigenvalue weighted by Crippen LogP contribution is 2.33. The Hall–Kier alpha value is -2.16. The number of benzene rings is 2. The van der Waals surface area contributed by atoms with Crippen LogP contribution < -0.4 is 4.74 Å². The summed E-state index contributed by atoms with van der Waals surface area (Å²) >= 11 is 0. The number of hydrogen-bond donors (Lipinski definition) is 0. The Bertz CT molecular complexity index is 675. The van der Waals surface area contributed by atoms with Crippen LogP contribution in [0.4, 0.5) is 4.39 Å². The third-order valence-electron chi connectivity index (χ3n) is 3.40. The number of hydrogen-bond acceptors (Lipinski definition) is 2. The van der Waals surface area contributed by atoms with Crippen LogP contribution in [0.25, 0.3) is 0 Å². The molecular formula is C18H19FO2. The number of rotatable bonds is 4. The molecule has 0 fully saturated rings. The van der Waals surface area contributed by atoms with Crippen molar-refractivity contribution in [2.24, 2.45) is 0 Å². The van der Waals surface area contributed by atoms with Crippen molar-refractivity contribution in [2.75, 3.05) is 0 Å². The molecule has 110 valence electrons. The van der Waals surface area contributed by atoms with Crippen LogP contribution in [-0.2, 0) is 0 Å². The molecule has 0 amide bonds. The third-order valence-corrected chi connectivity index (χ3v) is 3.40. The lowest BCUT2D eigenvalue weighted by Gasteiger charge is -2.16. The van der Waals surface area contributed by atoms with Crippen LogP contribution in [-0.4, -0.2) is 5.78 Å². The van der Waals surface area contributed by atoms with Gasteiger partial charge in [-0.25, -0.2) is 4.39 Å². The highest BCUT2D eigenvalue weighted by atomic mass is 19.1. The lowest BCUT2D eigenvalue weighted by Crippen LogP contribution is -2.01. The molecule has 2 rings (SSSR count). The zero-order chi connectivity index (χ0) is 15.6. The van der Waals surface area contributed by atoms with E-state index in [1.807, 2.05) is 24.3 Å². The van der Waals surface area contributed by atoms with E-state index in [0.29, 0.717) is 23.0 Å². The smallest absolute Gasteiger partial charge is 0.163 e. The minimum absolute atomic E-state index is 0.217. The molecule has 0 radical (unpaired) electrons. The summed E-state index contributed by atoms with van der Waals surface area (Å²) in [6.45, 7) is 7.21. The van der Waals surface area contributed by atoms with Gasteiger partial charge in [0, 0.05) is 0 Å². The fourth-order valence-electron chi connectivity index (χ4n) is 2.18. The lowest BCUT2D eigenvalue weighted by molar-refractivity contribution is 0.101. The van der Waals surface area contributed by atoms with Gasteiger partial charge in [0.15, 0.2) is 5.78 Å². The fraction of sp³-hybridized carbons (Fsp3) is 0.278. The zero-order valence-corrected chi connectivity index (χ0v) is 12.7. The van der Waals surface area contributed by atoms with E-state index in [9.17, 15) is 9.18 Å². The molecule has 0 bridgehead atoms. The van der Waals surface area contributed by atoms with Crippen molar-refractivity contribution in [3.63, 3.8) is 0 Å². The van der Waals surface area contributed by atoms with Crippen LogP contribution in [0.3, 0.4) is 0 Å². The van der Waals surface area contributed by atoms with Crippen molar-refractivity contribution in [3.05, 3.63) is 58.9 Å². The molecule has 2 aromatic carbocycles. The van der Waals surface area contributed by atoms with Crippen molar-refractivity contribution in [1.29, 1.82) is 0 Å². The highest BCUT2D eigenvalue weighted by molar-refractivity contribution is 5.97. The molecule has 0 aromatic heterocycles. The number of carbonyl (C=O) groups excluding carboxylic acids is 1. The summed E-state index contributed by atoms with van der Waals surface area (Å²) in [7, 11) is 0. The molecule has 0 unspecified atom stereocenters. The molecule has 0 saturated heterocycles. The number of ether oxygens (including phenoxy) is 1. The molecule has 0 aliphatic rings. The van der Waals surface area contributed by atoms with Crippen molar-refractivity contribution >= 4 is 5.78 Å². The second-order valence-corrected chi connectivity index (χ2v) is 5.45. The topological polar surface area (TPSA) is 26.3 Å². The maximum absolute atomic E-state index is 13.7. The SMILES string of the molecule is CC(=O)c1cc(F)c(C)cc1Oc1ccccc1C(C)C. The minimum Gasteiger partial charge on any atom is -0.456 e. The molecule has 2 nitrogen and oxygen atoms in total. The molecule has 3 heteroatoms. The van der Waals surface area contributed by atoms with Gasteiger partial charge in [-0.05, 0) is 49.1 Å². The van der Waals surface area contributed by atoms with Crippen molar-refractivity contribution in [1.82, 2.24) is 0 Å². The number of aryl methyl sites for hydroxylation is 1. The van der Waals surface area contributed by atoms with E-state index in [0.717, 1.165) is 5.56 Å². The first-order valence-electron chi connectivity index (χ1n) is 6.98. The van der Waals surface area contributed by atoms with Crippen LogP contribution in [0, 0.1) is 12.7 Å². The predicted octanol–water partition coefficient (Wildman–Crippen LogP) is 5.25. The summed E-state index contributed by atoms with van der Waals surface area (Å²) in [5.74, 6) is 0.773. The van der Waals surface area contributed by atoms with E-state index in [1.165, 1.54) is 13.0 Å². The second kappa shape index (κ2) is 6.08. The van der Waals surface area contributed by atoms with Crippen molar-refractivity contribution in [3.8, 4) is 11.5 Å². The largest absolute Gasteiger partial charge is 0.456 e. The van der Waals surface area contributed by atoms with Gasteiger partial charge in [-0.3, -0.25) is 4.79 Å². The first-order valence-corrected chi connectivity index (χ1v) is 6.98. The Morgan fingerprint density at radius 2 is 1.81 bits per heavy atom. The zero-order valence-electron chi connectivity index (χ0n) is 12.7. The Morgan fingerprint density at radius 3 is 2.43 bits per heavy atom.